The number of nitrogens with one attached hydrogen (secondary N) is 1. The summed E-state index contributed by atoms with van der Waals surface area (Å²) in [4.78, 5) is 13.0. The molecule has 1 aromatic heterocycles. The third-order valence-corrected chi connectivity index (χ3v) is 8.31. The van der Waals surface area contributed by atoms with Crippen molar-refractivity contribution in [2.45, 2.75) is 29.2 Å². The summed E-state index contributed by atoms with van der Waals surface area (Å²) in [6.45, 7) is 3.60. The fourth-order valence-corrected chi connectivity index (χ4v) is 5.74. The minimum absolute atomic E-state index is 0.152. The molecule has 31 heavy (non-hydrogen) atoms. The maximum atomic E-state index is 13.4. The normalized spacial score (nSPS) is 15.8. The third kappa shape index (κ3) is 4.39. The van der Waals surface area contributed by atoms with Crippen molar-refractivity contribution in [1.29, 1.82) is 0 Å². The number of carbonyl (C=O) groups is 1. The quantitative estimate of drug-likeness (QED) is 0.444. The topological polar surface area (TPSA) is 101 Å². The van der Waals surface area contributed by atoms with Crippen LogP contribution in [-0.4, -0.2) is 43.4 Å². The lowest BCUT2D eigenvalue weighted by Gasteiger charge is -2.34. The van der Waals surface area contributed by atoms with Gasteiger partial charge in [0.25, 0.3) is 15.9 Å². The Morgan fingerprint density at radius 3 is 2.55 bits per heavy atom. The zero-order valence-electron chi connectivity index (χ0n) is 17.0. The van der Waals surface area contributed by atoms with Gasteiger partial charge in [0.1, 0.15) is 5.75 Å². The van der Waals surface area contributed by atoms with Crippen LogP contribution in [0.4, 0.5) is 10.8 Å². The summed E-state index contributed by atoms with van der Waals surface area (Å²) in [7, 11) is -3.90. The maximum absolute atomic E-state index is 13.4. The van der Waals surface area contributed by atoms with Gasteiger partial charge in [0.05, 0.1) is 17.1 Å². The van der Waals surface area contributed by atoms with Crippen molar-refractivity contribution in [3.8, 4) is 5.75 Å². The molecule has 2 aromatic carbocycles. The highest BCUT2D eigenvalue weighted by molar-refractivity contribution is 8.00. The molecule has 0 saturated carbocycles. The number of thioether (sulfide) groups is 1. The molecule has 8 nitrogen and oxygen atoms in total. The Hall–Kier alpha value is -2.63. The van der Waals surface area contributed by atoms with Crippen molar-refractivity contribution >= 4 is 49.8 Å². The number of benzene rings is 2. The van der Waals surface area contributed by atoms with E-state index in [0.717, 1.165) is 11.1 Å². The van der Waals surface area contributed by atoms with Crippen LogP contribution in [0.3, 0.4) is 0 Å². The number of ether oxygens (including phenoxy) is 1. The number of anilines is 2. The van der Waals surface area contributed by atoms with E-state index in [1.165, 1.54) is 27.4 Å². The van der Waals surface area contributed by atoms with Crippen molar-refractivity contribution in [2.75, 3.05) is 22.4 Å². The second-order valence-corrected chi connectivity index (χ2v) is 10.9. The molecule has 1 N–H and O–H groups in total. The van der Waals surface area contributed by atoms with Gasteiger partial charge in [0, 0.05) is 0 Å². The van der Waals surface area contributed by atoms with E-state index in [-0.39, 0.29) is 11.4 Å². The summed E-state index contributed by atoms with van der Waals surface area (Å²) in [5, 5.41) is 10.9. The first-order chi connectivity index (χ1) is 14.8. The largest absolute Gasteiger partial charge is 0.476 e. The number of fused-ring (bicyclic) bond motifs is 1. The van der Waals surface area contributed by atoms with E-state index in [2.05, 4.69) is 15.5 Å². The summed E-state index contributed by atoms with van der Waals surface area (Å²) in [6.07, 6.45) is 0.819. The SMILES string of the molecule is CSc1nnc(NC(=O)[C@H]2CN(S(=O)(=O)c3ccc(C)cc3)c3ccc(C)cc3O2)s1. The van der Waals surface area contributed by atoms with Crippen LogP contribution in [0, 0.1) is 13.8 Å². The lowest BCUT2D eigenvalue weighted by Crippen LogP contribution is -2.48. The number of sulfonamides is 1. The highest BCUT2D eigenvalue weighted by Gasteiger charge is 2.38. The summed E-state index contributed by atoms with van der Waals surface area (Å²) in [6, 6.07) is 11.8. The van der Waals surface area contributed by atoms with E-state index < -0.39 is 22.0 Å². The molecule has 11 heteroatoms. The Kier molecular flexibility index (Phi) is 5.91. The summed E-state index contributed by atoms with van der Waals surface area (Å²) in [5.41, 5.74) is 2.24. The zero-order valence-corrected chi connectivity index (χ0v) is 19.5. The monoisotopic (exact) mass is 476 g/mol. The van der Waals surface area contributed by atoms with Gasteiger partial charge >= 0.3 is 0 Å². The summed E-state index contributed by atoms with van der Waals surface area (Å²) >= 11 is 2.66. The van der Waals surface area contributed by atoms with Crippen LogP contribution in [0.25, 0.3) is 0 Å². The fraction of sp³-hybridized carbons (Fsp3) is 0.250. The minimum atomic E-state index is -3.90. The van der Waals surface area contributed by atoms with Gasteiger partial charge in [-0.05, 0) is 49.9 Å². The summed E-state index contributed by atoms with van der Waals surface area (Å²) in [5.74, 6) is -0.149. The van der Waals surface area contributed by atoms with Crippen LogP contribution >= 0.6 is 23.1 Å². The maximum Gasteiger partial charge on any atom is 0.269 e. The lowest BCUT2D eigenvalue weighted by molar-refractivity contribution is -0.122. The van der Waals surface area contributed by atoms with Gasteiger partial charge in [0.2, 0.25) is 5.13 Å². The molecule has 2 heterocycles. The predicted octanol–water partition coefficient (Wildman–Crippen LogP) is 3.47. The molecule has 4 rings (SSSR count). The molecule has 0 fully saturated rings. The Labute approximate surface area is 188 Å². The Balaban J connectivity index is 1.68. The van der Waals surface area contributed by atoms with E-state index >= 15 is 0 Å². The smallest absolute Gasteiger partial charge is 0.269 e. The number of amides is 1. The first kappa shape index (κ1) is 21.6. The van der Waals surface area contributed by atoms with E-state index in [9.17, 15) is 13.2 Å². The van der Waals surface area contributed by atoms with Crippen molar-refractivity contribution in [3.63, 3.8) is 0 Å². The second kappa shape index (κ2) is 8.48. The van der Waals surface area contributed by atoms with Crippen LogP contribution in [0.5, 0.6) is 5.75 Å². The fourth-order valence-electron chi connectivity index (χ4n) is 3.09. The number of carbonyl (C=O) groups excluding carboxylic acids is 1. The minimum Gasteiger partial charge on any atom is -0.476 e. The first-order valence-corrected chi connectivity index (χ1v) is 12.8. The number of nitrogens with zero attached hydrogens (tertiary/aromatic N) is 3. The standard InChI is InChI=1S/C20H20N4O4S3/c1-12-4-7-14(8-5-12)31(26,27)24-11-17(28-16-10-13(2)6-9-15(16)24)18(25)21-19-22-23-20(29-3)30-19/h4-10,17H,11H2,1-3H3,(H,21,22,25)/t17-/m1/s1. The van der Waals surface area contributed by atoms with Crippen LogP contribution < -0.4 is 14.4 Å². The zero-order chi connectivity index (χ0) is 22.2. The molecule has 0 unspecified atom stereocenters. The van der Waals surface area contributed by atoms with E-state index in [1.54, 1.807) is 36.4 Å². The van der Waals surface area contributed by atoms with Gasteiger partial charge in [-0.25, -0.2) is 8.42 Å². The third-order valence-electron chi connectivity index (χ3n) is 4.70. The van der Waals surface area contributed by atoms with Crippen LogP contribution in [0.15, 0.2) is 51.7 Å². The molecule has 1 aliphatic heterocycles. The van der Waals surface area contributed by atoms with Gasteiger partial charge in [-0.3, -0.25) is 14.4 Å². The highest BCUT2D eigenvalue weighted by atomic mass is 32.2. The average molecular weight is 477 g/mol. The molecular weight excluding hydrogens is 456 g/mol. The van der Waals surface area contributed by atoms with Gasteiger partial charge in [-0.1, -0.05) is 46.9 Å². The highest BCUT2D eigenvalue weighted by Crippen LogP contribution is 2.38. The van der Waals surface area contributed by atoms with Gasteiger partial charge in [-0.15, -0.1) is 10.2 Å². The molecule has 1 amide bonds. The number of aromatic nitrogens is 2. The Bertz CT molecular complexity index is 1230. The molecule has 0 aliphatic carbocycles. The summed E-state index contributed by atoms with van der Waals surface area (Å²) < 4.78 is 34.7. The van der Waals surface area contributed by atoms with Crippen molar-refractivity contribution < 1.29 is 17.9 Å². The number of hydrogen-bond acceptors (Lipinski definition) is 8. The molecule has 0 bridgehead atoms. The van der Waals surface area contributed by atoms with Crippen LogP contribution in [-0.2, 0) is 14.8 Å². The van der Waals surface area contributed by atoms with Gasteiger partial charge in [-0.2, -0.15) is 0 Å². The molecule has 162 valence electrons. The molecule has 0 saturated heterocycles. The molecular formula is C20H20N4O4S3. The second-order valence-electron chi connectivity index (χ2n) is 6.99. The molecule has 1 aliphatic rings. The first-order valence-electron chi connectivity index (χ1n) is 9.33. The molecule has 1 atom stereocenters. The van der Waals surface area contributed by atoms with Crippen molar-refractivity contribution in [2.24, 2.45) is 0 Å². The van der Waals surface area contributed by atoms with Crippen LogP contribution in [0.2, 0.25) is 0 Å². The lowest BCUT2D eigenvalue weighted by atomic mass is 10.1. The molecule has 3 aromatic rings. The number of hydrogen-bond donors (Lipinski definition) is 1. The average Bonchev–Trinajstić information content (AvgIpc) is 3.20. The van der Waals surface area contributed by atoms with Gasteiger partial charge in [0.15, 0.2) is 10.4 Å². The van der Waals surface area contributed by atoms with Crippen molar-refractivity contribution in [1.82, 2.24) is 10.2 Å². The van der Waals surface area contributed by atoms with E-state index in [0.29, 0.717) is 20.9 Å². The van der Waals surface area contributed by atoms with E-state index in [1.807, 2.05) is 26.2 Å². The van der Waals surface area contributed by atoms with Gasteiger partial charge < -0.3 is 4.74 Å². The van der Waals surface area contributed by atoms with Crippen molar-refractivity contribution in [3.05, 3.63) is 53.6 Å². The number of aryl methyl sites for hydroxylation is 2. The Morgan fingerprint density at radius 1 is 1.16 bits per heavy atom. The van der Waals surface area contributed by atoms with E-state index in [4.69, 9.17) is 4.74 Å². The number of rotatable bonds is 5. The Morgan fingerprint density at radius 2 is 1.87 bits per heavy atom. The predicted molar refractivity (Wildman–Crippen MR) is 122 cm³/mol. The molecule has 0 spiro atoms. The van der Waals surface area contributed by atoms with Crippen LogP contribution in [0.1, 0.15) is 11.1 Å². The molecule has 0 radical (unpaired) electrons.